The first-order chi connectivity index (χ1) is 6.65. The van der Waals surface area contributed by atoms with Crippen LogP contribution in [0, 0.1) is 0 Å². The standard InChI is InChI=1S/C9H9Cl2NO2/c1-2-3-14-9(13)6-4-8(11)12-5-7(6)10/h4-5H,2-3H2,1H3. The number of hydrogen-bond donors (Lipinski definition) is 0. The van der Waals surface area contributed by atoms with Gasteiger partial charge in [-0.05, 0) is 12.5 Å². The molecule has 0 saturated carbocycles. The van der Waals surface area contributed by atoms with E-state index in [-0.39, 0.29) is 15.7 Å². The van der Waals surface area contributed by atoms with Crippen LogP contribution in [0.2, 0.25) is 10.2 Å². The van der Waals surface area contributed by atoms with Gasteiger partial charge in [-0.1, -0.05) is 30.1 Å². The van der Waals surface area contributed by atoms with Crippen LogP contribution >= 0.6 is 23.2 Å². The van der Waals surface area contributed by atoms with Gasteiger partial charge in [0.2, 0.25) is 0 Å². The van der Waals surface area contributed by atoms with Gasteiger partial charge in [0, 0.05) is 6.20 Å². The molecule has 3 nitrogen and oxygen atoms in total. The summed E-state index contributed by atoms with van der Waals surface area (Å²) in [5.74, 6) is -0.471. The number of carbonyl (C=O) groups excluding carboxylic acids is 1. The fourth-order valence-electron chi connectivity index (χ4n) is 0.842. The summed E-state index contributed by atoms with van der Waals surface area (Å²) >= 11 is 11.4. The highest BCUT2D eigenvalue weighted by Gasteiger charge is 2.12. The van der Waals surface area contributed by atoms with Crippen molar-refractivity contribution in [2.24, 2.45) is 0 Å². The molecule has 0 unspecified atom stereocenters. The second-order valence-corrected chi connectivity index (χ2v) is 3.42. The molecule has 1 aromatic heterocycles. The first-order valence-corrected chi connectivity index (χ1v) is 4.89. The molecule has 0 spiro atoms. The van der Waals surface area contributed by atoms with Crippen LogP contribution in [0.25, 0.3) is 0 Å². The number of ether oxygens (including phenoxy) is 1. The van der Waals surface area contributed by atoms with Crippen LogP contribution in [0.1, 0.15) is 23.7 Å². The number of pyridine rings is 1. The van der Waals surface area contributed by atoms with Gasteiger partial charge in [-0.3, -0.25) is 0 Å². The van der Waals surface area contributed by atoms with Crippen molar-refractivity contribution in [1.82, 2.24) is 4.98 Å². The predicted octanol–water partition coefficient (Wildman–Crippen LogP) is 2.96. The molecule has 1 aromatic rings. The van der Waals surface area contributed by atoms with Crippen LogP contribution in [0.4, 0.5) is 0 Å². The van der Waals surface area contributed by atoms with Crippen LogP contribution in [0.3, 0.4) is 0 Å². The molecule has 0 radical (unpaired) electrons. The van der Waals surface area contributed by atoms with Crippen molar-refractivity contribution >= 4 is 29.2 Å². The van der Waals surface area contributed by atoms with E-state index in [1.165, 1.54) is 12.3 Å². The lowest BCUT2D eigenvalue weighted by molar-refractivity contribution is 0.0505. The van der Waals surface area contributed by atoms with E-state index >= 15 is 0 Å². The number of halogens is 2. The molecular weight excluding hydrogens is 225 g/mol. The van der Waals surface area contributed by atoms with Gasteiger partial charge in [0.1, 0.15) is 5.15 Å². The normalized spacial score (nSPS) is 9.93. The Bertz CT molecular complexity index is 342. The molecule has 0 aliphatic rings. The van der Waals surface area contributed by atoms with Crippen molar-refractivity contribution in [1.29, 1.82) is 0 Å². The molecular formula is C9H9Cl2NO2. The number of rotatable bonds is 3. The van der Waals surface area contributed by atoms with Crippen LogP contribution in [-0.4, -0.2) is 17.6 Å². The van der Waals surface area contributed by atoms with E-state index in [0.29, 0.717) is 6.61 Å². The smallest absolute Gasteiger partial charge is 0.339 e. The maximum Gasteiger partial charge on any atom is 0.339 e. The van der Waals surface area contributed by atoms with Crippen molar-refractivity contribution in [3.8, 4) is 0 Å². The number of hydrogen-bond acceptors (Lipinski definition) is 3. The Morgan fingerprint density at radius 3 is 2.93 bits per heavy atom. The average molecular weight is 234 g/mol. The minimum Gasteiger partial charge on any atom is -0.462 e. The van der Waals surface area contributed by atoms with Crippen molar-refractivity contribution in [2.45, 2.75) is 13.3 Å². The molecule has 1 rings (SSSR count). The second kappa shape index (κ2) is 5.17. The first kappa shape index (κ1) is 11.3. The van der Waals surface area contributed by atoms with Crippen molar-refractivity contribution < 1.29 is 9.53 Å². The third-order valence-corrected chi connectivity index (χ3v) is 1.99. The molecule has 0 atom stereocenters. The zero-order valence-corrected chi connectivity index (χ0v) is 9.10. The molecule has 0 N–H and O–H groups in total. The van der Waals surface area contributed by atoms with Crippen molar-refractivity contribution in [2.75, 3.05) is 6.61 Å². The largest absolute Gasteiger partial charge is 0.462 e. The molecule has 0 fully saturated rings. The maximum absolute atomic E-state index is 11.4. The summed E-state index contributed by atoms with van der Waals surface area (Å²) in [4.78, 5) is 15.1. The lowest BCUT2D eigenvalue weighted by atomic mass is 10.3. The van der Waals surface area contributed by atoms with E-state index in [0.717, 1.165) is 6.42 Å². The highest BCUT2D eigenvalue weighted by molar-refractivity contribution is 6.34. The first-order valence-electron chi connectivity index (χ1n) is 4.13. The Kier molecular flexibility index (Phi) is 4.17. The Labute approximate surface area is 92.0 Å². The summed E-state index contributed by atoms with van der Waals surface area (Å²) in [7, 11) is 0. The zero-order chi connectivity index (χ0) is 10.6. The van der Waals surface area contributed by atoms with Crippen molar-refractivity contribution in [3.63, 3.8) is 0 Å². The Morgan fingerprint density at radius 2 is 2.29 bits per heavy atom. The minimum absolute atomic E-state index is 0.220. The molecule has 0 bridgehead atoms. The SMILES string of the molecule is CCCOC(=O)c1cc(Cl)ncc1Cl. The average Bonchev–Trinajstić information content (AvgIpc) is 2.18. The number of esters is 1. The van der Waals surface area contributed by atoms with Gasteiger partial charge in [-0.2, -0.15) is 0 Å². The van der Waals surface area contributed by atoms with Crippen LogP contribution < -0.4 is 0 Å². The van der Waals surface area contributed by atoms with E-state index in [1.54, 1.807) is 0 Å². The molecule has 0 aliphatic carbocycles. The zero-order valence-electron chi connectivity index (χ0n) is 7.59. The Balaban J connectivity index is 2.83. The van der Waals surface area contributed by atoms with Crippen LogP contribution in [0.15, 0.2) is 12.3 Å². The number of carbonyl (C=O) groups is 1. The maximum atomic E-state index is 11.4. The third-order valence-electron chi connectivity index (χ3n) is 1.48. The number of aromatic nitrogens is 1. The highest BCUT2D eigenvalue weighted by atomic mass is 35.5. The molecule has 14 heavy (non-hydrogen) atoms. The van der Waals surface area contributed by atoms with Gasteiger partial charge < -0.3 is 4.74 Å². The summed E-state index contributed by atoms with van der Waals surface area (Å²) in [6.07, 6.45) is 2.09. The fourth-order valence-corrected chi connectivity index (χ4v) is 1.18. The highest BCUT2D eigenvalue weighted by Crippen LogP contribution is 2.18. The Morgan fingerprint density at radius 1 is 1.57 bits per heavy atom. The molecule has 1 heterocycles. The summed E-state index contributed by atoms with van der Waals surface area (Å²) < 4.78 is 4.90. The van der Waals surface area contributed by atoms with E-state index in [2.05, 4.69) is 4.98 Å². The van der Waals surface area contributed by atoms with E-state index in [4.69, 9.17) is 27.9 Å². The molecule has 5 heteroatoms. The minimum atomic E-state index is -0.471. The lowest BCUT2D eigenvalue weighted by Crippen LogP contribution is -2.06. The lowest BCUT2D eigenvalue weighted by Gasteiger charge is -2.04. The molecule has 0 amide bonds. The van der Waals surface area contributed by atoms with E-state index in [1.807, 2.05) is 6.92 Å². The molecule has 76 valence electrons. The second-order valence-electron chi connectivity index (χ2n) is 2.62. The van der Waals surface area contributed by atoms with Crippen LogP contribution in [0.5, 0.6) is 0 Å². The van der Waals surface area contributed by atoms with Gasteiger partial charge in [0.25, 0.3) is 0 Å². The van der Waals surface area contributed by atoms with E-state index in [9.17, 15) is 4.79 Å². The van der Waals surface area contributed by atoms with Gasteiger partial charge in [-0.15, -0.1) is 0 Å². The number of nitrogens with zero attached hydrogens (tertiary/aromatic N) is 1. The van der Waals surface area contributed by atoms with Crippen molar-refractivity contribution in [3.05, 3.63) is 28.0 Å². The third kappa shape index (κ3) is 2.86. The van der Waals surface area contributed by atoms with Crippen LogP contribution in [-0.2, 0) is 4.74 Å². The molecule has 0 saturated heterocycles. The monoisotopic (exact) mass is 233 g/mol. The van der Waals surface area contributed by atoms with Gasteiger partial charge >= 0.3 is 5.97 Å². The summed E-state index contributed by atoms with van der Waals surface area (Å²) in [6.45, 7) is 2.28. The Hall–Kier alpha value is -0.800. The topological polar surface area (TPSA) is 39.2 Å². The molecule has 0 aromatic carbocycles. The predicted molar refractivity (Wildman–Crippen MR) is 54.8 cm³/mol. The quantitative estimate of drug-likeness (QED) is 0.596. The van der Waals surface area contributed by atoms with Gasteiger partial charge in [0.05, 0.1) is 17.2 Å². The van der Waals surface area contributed by atoms with Gasteiger partial charge in [-0.25, -0.2) is 9.78 Å². The summed E-state index contributed by atoms with van der Waals surface area (Å²) in [5, 5.41) is 0.466. The summed E-state index contributed by atoms with van der Waals surface area (Å²) in [5.41, 5.74) is 0.250. The fraction of sp³-hybridized carbons (Fsp3) is 0.333. The summed E-state index contributed by atoms with van der Waals surface area (Å²) in [6, 6.07) is 1.39. The molecule has 0 aliphatic heterocycles. The van der Waals surface area contributed by atoms with Gasteiger partial charge in [0.15, 0.2) is 0 Å². The van der Waals surface area contributed by atoms with E-state index < -0.39 is 5.97 Å².